The average molecular weight is 407 g/mol. The molecule has 2 aromatic carbocycles. The van der Waals surface area contributed by atoms with E-state index in [9.17, 15) is 9.59 Å². The van der Waals surface area contributed by atoms with E-state index >= 15 is 0 Å². The number of carbonyl (C=O) groups is 2. The van der Waals surface area contributed by atoms with Crippen molar-refractivity contribution in [2.24, 2.45) is 5.73 Å². The van der Waals surface area contributed by atoms with Gasteiger partial charge < -0.3 is 24.8 Å². The molecule has 0 unspecified atom stereocenters. The molecule has 1 saturated heterocycles. The number of urea groups is 1. The number of fused-ring (bicyclic) bond motifs is 1. The minimum atomic E-state index is -0.440. The number of imidazole rings is 1. The highest BCUT2D eigenvalue weighted by Gasteiger charge is 2.22. The standard InChI is InChI=1S/C22H25N5O3/c23-22(29)26-12-6-11-25(13-14-26)21(28)15-27-19-10-5-4-9-18(19)24-20(27)16-30-17-7-2-1-3-8-17/h1-5,7-10H,6,11-16H2,(H2,23,29). The summed E-state index contributed by atoms with van der Waals surface area (Å²) in [7, 11) is 0. The lowest BCUT2D eigenvalue weighted by atomic mass is 10.3. The molecule has 1 aromatic heterocycles. The highest BCUT2D eigenvalue weighted by atomic mass is 16.5. The summed E-state index contributed by atoms with van der Waals surface area (Å²) in [4.78, 5) is 32.6. The Hall–Kier alpha value is -3.55. The Balaban J connectivity index is 1.52. The number of hydrogen-bond donors (Lipinski definition) is 1. The molecular weight excluding hydrogens is 382 g/mol. The fourth-order valence-electron chi connectivity index (χ4n) is 3.70. The van der Waals surface area contributed by atoms with Crippen LogP contribution in [0.15, 0.2) is 54.6 Å². The van der Waals surface area contributed by atoms with Gasteiger partial charge in [0, 0.05) is 26.2 Å². The number of hydrogen-bond acceptors (Lipinski definition) is 4. The van der Waals surface area contributed by atoms with Gasteiger partial charge in [0.05, 0.1) is 11.0 Å². The number of carbonyl (C=O) groups excluding carboxylic acids is 2. The maximum Gasteiger partial charge on any atom is 0.314 e. The van der Waals surface area contributed by atoms with Crippen molar-refractivity contribution in [2.75, 3.05) is 26.2 Å². The zero-order valence-corrected chi connectivity index (χ0v) is 16.7. The van der Waals surface area contributed by atoms with Crippen LogP contribution in [0.2, 0.25) is 0 Å². The van der Waals surface area contributed by atoms with Crippen LogP contribution >= 0.6 is 0 Å². The van der Waals surface area contributed by atoms with Gasteiger partial charge in [0.1, 0.15) is 24.7 Å². The molecule has 0 spiro atoms. The first-order chi connectivity index (χ1) is 14.6. The minimum absolute atomic E-state index is 0.00886. The van der Waals surface area contributed by atoms with Crippen LogP contribution in [0, 0.1) is 0 Å². The molecule has 8 nitrogen and oxygen atoms in total. The van der Waals surface area contributed by atoms with Crippen molar-refractivity contribution in [3.63, 3.8) is 0 Å². The Kier molecular flexibility index (Phi) is 5.83. The Morgan fingerprint density at radius 3 is 2.43 bits per heavy atom. The van der Waals surface area contributed by atoms with Gasteiger partial charge in [0.15, 0.2) is 0 Å². The van der Waals surface area contributed by atoms with Gasteiger partial charge in [-0.25, -0.2) is 9.78 Å². The molecule has 8 heteroatoms. The van der Waals surface area contributed by atoms with E-state index in [1.807, 2.05) is 59.2 Å². The van der Waals surface area contributed by atoms with Crippen molar-refractivity contribution in [2.45, 2.75) is 19.6 Å². The number of nitrogens with zero attached hydrogens (tertiary/aromatic N) is 4. The molecule has 156 valence electrons. The lowest BCUT2D eigenvalue weighted by molar-refractivity contribution is -0.131. The molecule has 3 amide bonds. The number of benzene rings is 2. The molecule has 0 radical (unpaired) electrons. The molecule has 1 aliphatic heterocycles. The summed E-state index contributed by atoms with van der Waals surface area (Å²) in [5.41, 5.74) is 7.11. The highest BCUT2D eigenvalue weighted by Crippen LogP contribution is 2.19. The molecule has 1 aliphatic rings. The first-order valence-electron chi connectivity index (χ1n) is 10.1. The maximum atomic E-state index is 13.1. The van der Waals surface area contributed by atoms with Crippen LogP contribution in [-0.4, -0.2) is 57.5 Å². The van der Waals surface area contributed by atoms with Crippen molar-refractivity contribution in [3.05, 3.63) is 60.4 Å². The van der Waals surface area contributed by atoms with Gasteiger partial charge in [0.25, 0.3) is 0 Å². The molecule has 0 aliphatic carbocycles. The van der Waals surface area contributed by atoms with Gasteiger partial charge in [-0.2, -0.15) is 0 Å². The first kappa shape index (κ1) is 19.8. The van der Waals surface area contributed by atoms with Crippen molar-refractivity contribution in [1.29, 1.82) is 0 Å². The van der Waals surface area contributed by atoms with E-state index in [1.165, 1.54) is 0 Å². The van der Waals surface area contributed by atoms with Gasteiger partial charge in [-0.05, 0) is 30.7 Å². The van der Waals surface area contributed by atoms with Gasteiger partial charge in [-0.3, -0.25) is 4.79 Å². The highest BCUT2D eigenvalue weighted by molar-refractivity contribution is 5.81. The SMILES string of the molecule is NC(=O)N1CCCN(C(=O)Cn2c(COc3ccccc3)nc3ccccc32)CC1. The zero-order valence-electron chi connectivity index (χ0n) is 16.7. The van der Waals surface area contributed by atoms with Crippen LogP contribution in [0.25, 0.3) is 11.0 Å². The molecule has 0 saturated carbocycles. The molecule has 0 bridgehead atoms. The van der Waals surface area contributed by atoms with Crippen molar-refractivity contribution in [1.82, 2.24) is 19.4 Å². The van der Waals surface area contributed by atoms with Crippen molar-refractivity contribution < 1.29 is 14.3 Å². The van der Waals surface area contributed by atoms with E-state index in [4.69, 9.17) is 10.5 Å². The summed E-state index contributed by atoms with van der Waals surface area (Å²) in [5, 5.41) is 0. The topological polar surface area (TPSA) is 93.7 Å². The summed E-state index contributed by atoms with van der Waals surface area (Å²) >= 11 is 0. The van der Waals surface area contributed by atoms with E-state index in [-0.39, 0.29) is 19.1 Å². The lowest BCUT2D eigenvalue weighted by Crippen LogP contribution is -2.40. The minimum Gasteiger partial charge on any atom is -0.486 e. The normalized spacial score (nSPS) is 14.5. The molecule has 4 rings (SSSR count). The summed E-state index contributed by atoms with van der Waals surface area (Å²) in [5.74, 6) is 1.44. The third kappa shape index (κ3) is 4.37. The fourth-order valence-corrected chi connectivity index (χ4v) is 3.70. The Labute approximate surface area is 174 Å². The molecule has 2 heterocycles. The van der Waals surface area contributed by atoms with E-state index in [0.717, 1.165) is 16.8 Å². The second-order valence-corrected chi connectivity index (χ2v) is 7.26. The molecule has 3 aromatic rings. The van der Waals surface area contributed by atoms with Crippen LogP contribution in [0.4, 0.5) is 4.79 Å². The lowest BCUT2D eigenvalue weighted by Gasteiger charge is -2.22. The van der Waals surface area contributed by atoms with Gasteiger partial charge in [0.2, 0.25) is 5.91 Å². The number of ether oxygens (including phenoxy) is 1. The Bertz CT molecular complexity index is 1030. The number of nitrogens with two attached hydrogens (primary N) is 1. The monoisotopic (exact) mass is 407 g/mol. The van der Waals surface area contributed by atoms with E-state index in [0.29, 0.717) is 38.4 Å². The van der Waals surface area contributed by atoms with Crippen LogP contribution < -0.4 is 10.5 Å². The molecule has 1 fully saturated rings. The maximum absolute atomic E-state index is 13.1. The van der Waals surface area contributed by atoms with Crippen molar-refractivity contribution in [3.8, 4) is 5.75 Å². The average Bonchev–Trinajstić information content (AvgIpc) is 2.93. The molecular formula is C22H25N5O3. The number of primary amides is 1. The second kappa shape index (κ2) is 8.86. The number of amides is 3. The summed E-state index contributed by atoms with van der Waals surface area (Å²) in [6.07, 6.45) is 0.712. The quantitative estimate of drug-likeness (QED) is 0.702. The zero-order chi connectivity index (χ0) is 20.9. The van der Waals surface area contributed by atoms with Gasteiger partial charge in [-0.15, -0.1) is 0 Å². The second-order valence-electron chi connectivity index (χ2n) is 7.26. The van der Waals surface area contributed by atoms with E-state index in [1.54, 1.807) is 9.80 Å². The van der Waals surface area contributed by atoms with Crippen LogP contribution in [0.5, 0.6) is 5.75 Å². The smallest absolute Gasteiger partial charge is 0.314 e. The molecule has 0 atom stereocenters. The summed E-state index contributed by atoms with van der Waals surface area (Å²) in [6.45, 7) is 2.54. The predicted octanol–water partition coefficient (Wildman–Crippen LogP) is 2.23. The van der Waals surface area contributed by atoms with E-state index in [2.05, 4.69) is 4.98 Å². The predicted molar refractivity (Wildman–Crippen MR) is 113 cm³/mol. The van der Waals surface area contributed by atoms with Crippen molar-refractivity contribution >= 4 is 23.0 Å². The molecule has 2 N–H and O–H groups in total. The van der Waals surface area contributed by atoms with Gasteiger partial charge >= 0.3 is 6.03 Å². The number of para-hydroxylation sites is 3. The fraction of sp³-hybridized carbons (Fsp3) is 0.318. The first-order valence-corrected chi connectivity index (χ1v) is 10.1. The van der Waals surface area contributed by atoms with Crippen LogP contribution in [0.3, 0.4) is 0 Å². The summed E-state index contributed by atoms with van der Waals surface area (Å²) in [6, 6.07) is 16.8. The largest absolute Gasteiger partial charge is 0.486 e. The Morgan fingerprint density at radius 1 is 0.933 bits per heavy atom. The number of aromatic nitrogens is 2. The Morgan fingerprint density at radius 2 is 1.63 bits per heavy atom. The third-order valence-corrected chi connectivity index (χ3v) is 5.30. The number of rotatable bonds is 5. The van der Waals surface area contributed by atoms with E-state index < -0.39 is 6.03 Å². The van der Waals surface area contributed by atoms with Gasteiger partial charge in [-0.1, -0.05) is 30.3 Å². The van der Waals surface area contributed by atoms with Crippen LogP contribution in [-0.2, 0) is 17.9 Å². The summed E-state index contributed by atoms with van der Waals surface area (Å²) < 4.78 is 7.80. The molecule has 30 heavy (non-hydrogen) atoms. The van der Waals surface area contributed by atoms with Crippen LogP contribution in [0.1, 0.15) is 12.2 Å². The third-order valence-electron chi connectivity index (χ3n) is 5.30.